The minimum Gasteiger partial charge on any atom is -0.478 e. The molecule has 304 valence electrons. The maximum absolute atomic E-state index is 6.21. The van der Waals surface area contributed by atoms with Crippen molar-refractivity contribution in [3.05, 3.63) is 149 Å². The molecule has 5 aromatic carbocycles. The van der Waals surface area contributed by atoms with Crippen molar-refractivity contribution in [3.8, 4) is 0 Å². The Balaban J connectivity index is 0.000000196. The number of rotatable bonds is 9. The first-order chi connectivity index (χ1) is 27.5. The highest BCUT2D eigenvalue weighted by atomic mass is 31.1. The van der Waals surface area contributed by atoms with Gasteiger partial charge in [0, 0.05) is 11.0 Å². The van der Waals surface area contributed by atoms with Crippen molar-refractivity contribution in [3.63, 3.8) is 0 Å². The van der Waals surface area contributed by atoms with Crippen LogP contribution in [0.5, 0.6) is 0 Å². The highest BCUT2D eigenvalue weighted by Gasteiger charge is 2.40. The Morgan fingerprint density at radius 1 is 0.517 bits per heavy atom. The maximum Gasteiger partial charge on any atom is 0.217 e. The minimum absolute atomic E-state index is 0.0975. The van der Waals surface area contributed by atoms with E-state index in [1.54, 1.807) is 0 Å². The van der Waals surface area contributed by atoms with Crippen LogP contribution in [0.3, 0.4) is 0 Å². The molecule has 0 saturated heterocycles. The normalized spacial score (nSPS) is 17.0. The van der Waals surface area contributed by atoms with Gasteiger partial charge in [0.25, 0.3) is 0 Å². The first-order valence-electron chi connectivity index (χ1n) is 20.8. The van der Waals surface area contributed by atoms with Gasteiger partial charge < -0.3 is 9.47 Å². The third kappa shape index (κ3) is 10.0. The molecule has 6 heteroatoms. The van der Waals surface area contributed by atoms with Gasteiger partial charge in [-0.25, -0.2) is 9.98 Å². The summed E-state index contributed by atoms with van der Waals surface area (Å²) in [6.07, 6.45) is 1.04. The van der Waals surface area contributed by atoms with Crippen molar-refractivity contribution in [1.82, 2.24) is 0 Å². The van der Waals surface area contributed by atoms with Gasteiger partial charge in [-0.15, -0.1) is 0 Å². The lowest BCUT2D eigenvalue weighted by atomic mass is 9.88. The average Bonchev–Trinajstić information content (AvgIpc) is 3.89. The van der Waals surface area contributed by atoms with E-state index in [1.165, 1.54) is 48.8 Å². The summed E-state index contributed by atoms with van der Waals surface area (Å²) in [4.78, 5) is 10.0. The molecule has 0 saturated carbocycles. The fraction of sp³-hybridized carbons (Fsp3) is 0.385. The van der Waals surface area contributed by atoms with Crippen LogP contribution in [0.2, 0.25) is 0 Å². The topological polar surface area (TPSA) is 43.2 Å². The number of hydrogen-bond donors (Lipinski definition) is 0. The van der Waals surface area contributed by atoms with Crippen molar-refractivity contribution in [2.24, 2.45) is 26.2 Å². The zero-order valence-corrected chi connectivity index (χ0v) is 38.7. The Labute approximate surface area is 352 Å². The molecule has 0 unspecified atom stereocenters. The molecule has 2 aliphatic heterocycles. The smallest absolute Gasteiger partial charge is 0.217 e. The van der Waals surface area contributed by atoms with E-state index in [1.807, 2.05) is 0 Å². The van der Waals surface area contributed by atoms with Crippen LogP contribution in [0.15, 0.2) is 131 Å². The molecular formula is C52H64N2O2P2. The van der Waals surface area contributed by atoms with Crippen LogP contribution in [-0.4, -0.2) is 43.3 Å². The average molecular weight is 811 g/mol. The lowest BCUT2D eigenvalue weighted by Gasteiger charge is -2.33. The van der Waals surface area contributed by atoms with Crippen LogP contribution in [-0.2, 0) is 9.47 Å². The van der Waals surface area contributed by atoms with Gasteiger partial charge in [0.2, 0.25) is 5.90 Å². The van der Waals surface area contributed by atoms with Crippen molar-refractivity contribution >= 4 is 54.2 Å². The van der Waals surface area contributed by atoms with Gasteiger partial charge in [-0.1, -0.05) is 171 Å². The van der Waals surface area contributed by atoms with Crippen LogP contribution >= 0.6 is 15.8 Å². The highest BCUT2D eigenvalue weighted by Crippen LogP contribution is 2.45. The zero-order chi connectivity index (χ0) is 41.8. The Hall–Kier alpha value is -4.10. The Morgan fingerprint density at radius 2 is 0.948 bits per heavy atom. The van der Waals surface area contributed by atoms with Gasteiger partial charge in [-0.3, -0.25) is 0 Å². The van der Waals surface area contributed by atoms with Crippen molar-refractivity contribution in [1.29, 1.82) is 0 Å². The number of aliphatic imine (C=N–C) groups is 2. The van der Waals surface area contributed by atoms with Crippen LogP contribution < -0.4 is 26.5 Å². The van der Waals surface area contributed by atoms with E-state index in [-0.39, 0.29) is 28.3 Å². The van der Waals surface area contributed by atoms with Gasteiger partial charge in [0.15, 0.2) is 5.90 Å². The summed E-state index contributed by atoms with van der Waals surface area (Å²) < 4.78 is 12.3. The van der Waals surface area contributed by atoms with E-state index in [4.69, 9.17) is 19.5 Å². The fourth-order valence-corrected chi connectivity index (χ4v) is 13.7. The third-order valence-corrected chi connectivity index (χ3v) is 17.4. The second-order valence-corrected chi connectivity index (χ2v) is 23.0. The Kier molecular flexibility index (Phi) is 13.5. The predicted molar refractivity (Wildman–Crippen MR) is 254 cm³/mol. The molecule has 0 N–H and O–H groups in total. The summed E-state index contributed by atoms with van der Waals surface area (Å²) in [6, 6.07) is 44.0. The number of ether oxygens (including phenoxy) is 2. The largest absolute Gasteiger partial charge is 0.478 e. The Bertz CT molecular complexity index is 2100. The summed E-state index contributed by atoms with van der Waals surface area (Å²) in [7, 11) is -1.23. The van der Waals surface area contributed by atoms with Crippen LogP contribution in [0.1, 0.15) is 83.2 Å². The summed E-state index contributed by atoms with van der Waals surface area (Å²) in [5, 5.41) is 7.00. The molecule has 0 radical (unpaired) electrons. The van der Waals surface area contributed by atoms with Gasteiger partial charge in [0.05, 0.1) is 12.1 Å². The van der Waals surface area contributed by atoms with Gasteiger partial charge in [-0.2, -0.15) is 0 Å². The summed E-state index contributed by atoms with van der Waals surface area (Å²) in [6.45, 7) is 28.4. The first-order valence-corrected chi connectivity index (χ1v) is 23.6. The molecule has 2 heterocycles. The van der Waals surface area contributed by atoms with Gasteiger partial charge in [-0.05, 0) is 115 Å². The predicted octanol–water partition coefficient (Wildman–Crippen LogP) is 10.9. The lowest BCUT2D eigenvalue weighted by Crippen LogP contribution is -2.33. The molecule has 4 nitrogen and oxygen atoms in total. The standard InChI is InChI=1S/C27H38NOP.C25H26NOP/c1-18-12-10-13-19(2)23(18)30(24-20(3)14-11-15-21(24)4)17-27(8,9)25-28-22(16-29-25)26(5,6)7;1-25(2,3)23-18-27-24(26-23)21-16-10-11-17-22(21)28(19-12-6-4-7-13-19)20-14-8-5-9-15-20/h10-15,22H,16-17H2,1-9H3;4-17,23H,18H2,1-3H3/t22-;23-/m11/s1. The molecule has 58 heavy (non-hydrogen) atoms. The lowest BCUT2D eigenvalue weighted by molar-refractivity contribution is 0.223. The van der Waals surface area contributed by atoms with E-state index in [0.29, 0.717) is 13.2 Å². The van der Waals surface area contributed by atoms with Gasteiger partial charge in [0.1, 0.15) is 13.2 Å². The molecule has 2 atom stereocenters. The van der Waals surface area contributed by atoms with Crippen molar-refractivity contribution < 1.29 is 9.47 Å². The van der Waals surface area contributed by atoms with Crippen molar-refractivity contribution in [2.75, 3.05) is 19.4 Å². The zero-order valence-electron chi connectivity index (χ0n) is 36.9. The fourth-order valence-electron chi connectivity index (χ4n) is 7.78. The Morgan fingerprint density at radius 3 is 1.40 bits per heavy atom. The minimum atomic E-state index is -0.686. The monoisotopic (exact) mass is 810 g/mol. The second kappa shape index (κ2) is 18.0. The van der Waals surface area contributed by atoms with E-state index < -0.39 is 15.8 Å². The van der Waals surface area contributed by atoms with E-state index in [2.05, 4.69) is 204 Å². The van der Waals surface area contributed by atoms with Crippen molar-refractivity contribution in [2.45, 2.75) is 95.2 Å². The molecule has 0 fully saturated rings. The van der Waals surface area contributed by atoms with Crippen LogP contribution in [0.4, 0.5) is 0 Å². The molecule has 2 aliphatic rings. The molecule has 7 rings (SSSR count). The van der Waals surface area contributed by atoms with Gasteiger partial charge >= 0.3 is 0 Å². The second-order valence-electron chi connectivity index (χ2n) is 18.7. The third-order valence-electron chi connectivity index (χ3n) is 11.3. The number of nitrogens with zero attached hydrogens (tertiary/aromatic N) is 2. The van der Waals surface area contributed by atoms with E-state index in [9.17, 15) is 0 Å². The molecule has 0 aliphatic carbocycles. The number of aryl methyl sites for hydroxylation is 4. The van der Waals surface area contributed by atoms with E-state index in [0.717, 1.165) is 23.5 Å². The summed E-state index contributed by atoms with van der Waals surface area (Å²) in [5.41, 5.74) is 6.79. The molecular weight excluding hydrogens is 747 g/mol. The number of benzene rings is 5. The molecule has 0 bridgehead atoms. The molecule has 5 aromatic rings. The highest BCUT2D eigenvalue weighted by molar-refractivity contribution is 7.80. The first kappa shape index (κ1) is 43.5. The van der Waals surface area contributed by atoms with Crippen LogP contribution in [0.25, 0.3) is 0 Å². The number of hydrogen-bond acceptors (Lipinski definition) is 4. The molecule has 0 amide bonds. The molecule has 0 spiro atoms. The van der Waals surface area contributed by atoms with E-state index >= 15 is 0 Å². The van der Waals surface area contributed by atoms with Crippen LogP contribution in [0, 0.1) is 43.9 Å². The quantitative estimate of drug-likeness (QED) is 0.139. The summed E-state index contributed by atoms with van der Waals surface area (Å²) in [5.74, 6) is 1.72. The maximum atomic E-state index is 6.21. The summed E-state index contributed by atoms with van der Waals surface area (Å²) >= 11 is 0. The SMILES string of the molecule is CC(C)(C)[C@H]1COC(c2ccccc2P(c2ccccc2)c2ccccc2)=N1.Cc1cccc(C)c1P(CC(C)(C)C1=N[C@@H](C(C)(C)C)CO1)c1c(C)cccc1C. The molecule has 0 aromatic heterocycles.